The Labute approximate surface area is 55.4 Å². The van der Waals surface area contributed by atoms with Crippen molar-refractivity contribution in [3.05, 3.63) is 12.3 Å². The first-order valence-electron chi connectivity index (χ1n) is 2.64. The van der Waals surface area contributed by atoms with Crippen LogP contribution in [-0.2, 0) is 0 Å². The molecule has 0 bridgehead atoms. The molecule has 0 saturated heterocycles. The van der Waals surface area contributed by atoms with Gasteiger partial charge < -0.3 is 5.32 Å². The molecule has 0 aromatic rings. The minimum absolute atomic E-state index is 0.0991. The van der Waals surface area contributed by atoms with E-state index in [0.29, 0.717) is 0 Å². The lowest BCUT2D eigenvalue weighted by molar-refractivity contribution is -0.0614. The average Bonchev–Trinajstić information content (AvgIpc) is 1.88. The van der Waals surface area contributed by atoms with Crippen LogP contribution in [-0.4, -0.2) is 18.6 Å². The van der Waals surface area contributed by atoms with E-state index < -0.39 is 12.0 Å². The molecular weight excluding hydrogens is 145 g/mol. The lowest BCUT2D eigenvalue weighted by Gasteiger charge is -2.11. The second kappa shape index (κ2) is 2.32. The number of nitrogens with one attached hydrogen (secondary N) is 1. The van der Waals surface area contributed by atoms with Crippen molar-refractivity contribution < 1.29 is 13.2 Å². The molecule has 10 heavy (non-hydrogen) atoms. The highest BCUT2D eigenvalue weighted by Gasteiger charge is 2.35. The molecule has 0 amide bonds. The summed E-state index contributed by atoms with van der Waals surface area (Å²) in [4.78, 5) is 3.19. The molecule has 1 rings (SSSR count). The van der Waals surface area contributed by atoms with Crippen molar-refractivity contribution in [3.63, 3.8) is 0 Å². The van der Waals surface area contributed by atoms with Gasteiger partial charge in [-0.3, -0.25) is 4.99 Å². The zero-order valence-electron chi connectivity index (χ0n) is 4.94. The van der Waals surface area contributed by atoms with Crippen molar-refractivity contribution in [2.24, 2.45) is 4.99 Å². The van der Waals surface area contributed by atoms with Crippen LogP contribution in [0.25, 0.3) is 0 Å². The maximum absolute atomic E-state index is 11.7. The second-order valence-electron chi connectivity index (χ2n) is 1.73. The predicted octanol–water partition coefficient (Wildman–Crippen LogP) is 1.06. The number of amidine groups is 1. The number of rotatable bonds is 0. The summed E-state index contributed by atoms with van der Waals surface area (Å²) in [5, 5.41) is 2.00. The molecule has 0 aliphatic carbocycles. The number of alkyl halides is 3. The third kappa shape index (κ3) is 1.49. The highest BCUT2D eigenvalue weighted by molar-refractivity contribution is 5.88. The van der Waals surface area contributed by atoms with Gasteiger partial charge in [-0.25, -0.2) is 0 Å². The summed E-state index contributed by atoms with van der Waals surface area (Å²) >= 11 is 0. The van der Waals surface area contributed by atoms with E-state index >= 15 is 0 Å². The third-order valence-corrected chi connectivity index (χ3v) is 0.961. The van der Waals surface area contributed by atoms with Gasteiger partial charge in [0, 0.05) is 6.20 Å². The van der Waals surface area contributed by atoms with Gasteiger partial charge in [0.25, 0.3) is 0 Å². The van der Waals surface area contributed by atoms with Gasteiger partial charge in [-0.05, 0) is 6.08 Å². The first-order chi connectivity index (χ1) is 4.61. The van der Waals surface area contributed by atoms with Crippen LogP contribution in [0.15, 0.2) is 17.3 Å². The van der Waals surface area contributed by atoms with Crippen molar-refractivity contribution in [2.75, 3.05) is 6.54 Å². The Bertz CT molecular complexity index is 180. The largest absolute Gasteiger partial charge is 0.449 e. The van der Waals surface area contributed by atoms with Gasteiger partial charge >= 0.3 is 6.18 Å². The van der Waals surface area contributed by atoms with E-state index in [2.05, 4.69) is 4.99 Å². The molecule has 1 aliphatic heterocycles. The van der Waals surface area contributed by atoms with E-state index in [-0.39, 0.29) is 6.54 Å². The summed E-state index contributed by atoms with van der Waals surface area (Å²) in [5.41, 5.74) is 0. The van der Waals surface area contributed by atoms with Gasteiger partial charge in [0.05, 0.1) is 6.54 Å². The van der Waals surface area contributed by atoms with Crippen molar-refractivity contribution in [3.8, 4) is 0 Å². The molecule has 5 heteroatoms. The standard InChI is InChI=1S/C5H5F3N2/c6-5(7,8)4-9-2-1-3-10-4/h1-2H,3H2,(H,9,10). The quantitative estimate of drug-likeness (QED) is 0.548. The van der Waals surface area contributed by atoms with E-state index in [4.69, 9.17) is 0 Å². The van der Waals surface area contributed by atoms with Gasteiger partial charge in [-0.1, -0.05) is 0 Å². The molecule has 0 unspecified atom stereocenters. The average molecular weight is 150 g/mol. The third-order valence-electron chi connectivity index (χ3n) is 0.961. The fourth-order valence-electron chi connectivity index (χ4n) is 0.552. The first kappa shape index (κ1) is 7.11. The molecule has 0 aromatic carbocycles. The summed E-state index contributed by atoms with van der Waals surface area (Å²) in [5.74, 6) is -0.921. The Morgan fingerprint density at radius 2 is 2.20 bits per heavy atom. The Balaban J connectivity index is 2.65. The highest BCUT2D eigenvalue weighted by Crippen LogP contribution is 2.16. The number of nitrogens with zero attached hydrogens (tertiary/aromatic N) is 1. The van der Waals surface area contributed by atoms with Crippen LogP contribution in [0.2, 0.25) is 0 Å². The van der Waals surface area contributed by atoms with Gasteiger partial charge in [-0.15, -0.1) is 0 Å². The molecule has 1 N–H and O–H groups in total. The summed E-state index contributed by atoms with van der Waals surface area (Å²) in [6, 6.07) is 0. The van der Waals surface area contributed by atoms with Crippen molar-refractivity contribution >= 4 is 5.84 Å². The molecule has 1 aliphatic rings. The van der Waals surface area contributed by atoms with Gasteiger partial charge in [-0.2, -0.15) is 13.2 Å². The number of halogens is 3. The van der Waals surface area contributed by atoms with Gasteiger partial charge in [0.2, 0.25) is 5.84 Å². The van der Waals surface area contributed by atoms with Crippen molar-refractivity contribution in [1.82, 2.24) is 5.32 Å². The molecule has 0 aromatic heterocycles. The van der Waals surface area contributed by atoms with Gasteiger partial charge in [0.15, 0.2) is 0 Å². The molecule has 0 atom stereocenters. The molecule has 0 radical (unpaired) electrons. The Hall–Kier alpha value is -1.00. The second-order valence-corrected chi connectivity index (χ2v) is 1.73. The monoisotopic (exact) mass is 150 g/mol. The predicted molar refractivity (Wildman–Crippen MR) is 30.6 cm³/mol. The Morgan fingerprint density at radius 1 is 1.50 bits per heavy atom. The van der Waals surface area contributed by atoms with E-state index in [0.717, 1.165) is 0 Å². The lowest BCUT2D eigenvalue weighted by atomic mass is 10.4. The van der Waals surface area contributed by atoms with Crippen LogP contribution in [0.5, 0.6) is 0 Å². The van der Waals surface area contributed by atoms with Crippen LogP contribution in [0.3, 0.4) is 0 Å². The van der Waals surface area contributed by atoms with Crippen LogP contribution >= 0.6 is 0 Å². The Kier molecular flexibility index (Phi) is 1.65. The van der Waals surface area contributed by atoms with E-state index in [1.165, 1.54) is 12.3 Å². The zero-order chi connectivity index (χ0) is 7.61. The highest BCUT2D eigenvalue weighted by atomic mass is 19.4. The van der Waals surface area contributed by atoms with Crippen LogP contribution < -0.4 is 5.32 Å². The molecule has 56 valence electrons. The minimum Gasteiger partial charge on any atom is -0.343 e. The smallest absolute Gasteiger partial charge is 0.343 e. The topological polar surface area (TPSA) is 24.4 Å². The van der Waals surface area contributed by atoms with E-state index in [1.807, 2.05) is 5.32 Å². The fourth-order valence-corrected chi connectivity index (χ4v) is 0.552. The molecular formula is C5H5F3N2. The zero-order valence-corrected chi connectivity index (χ0v) is 4.94. The summed E-state index contributed by atoms with van der Waals surface area (Å²) in [7, 11) is 0. The fraction of sp³-hybridized carbons (Fsp3) is 0.400. The van der Waals surface area contributed by atoms with Crippen LogP contribution in [0.1, 0.15) is 0 Å². The number of hydrogen-bond donors (Lipinski definition) is 1. The molecule has 2 nitrogen and oxygen atoms in total. The van der Waals surface area contributed by atoms with Crippen LogP contribution in [0.4, 0.5) is 13.2 Å². The van der Waals surface area contributed by atoms with E-state index in [9.17, 15) is 13.2 Å². The molecule has 0 spiro atoms. The molecule has 0 fully saturated rings. The maximum atomic E-state index is 11.7. The SMILES string of the molecule is FC(F)(F)C1=NCC=CN1. The first-order valence-corrected chi connectivity index (χ1v) is 2.64. The summed E-state index contributed by atoms with van der Waals surface area (Å²) in [6.45, 7) is 0.0991. The summed E-state index contributed by atoms with van der Waals surface area (Å²) in [6.07, 6.45) is -1.60. The van der Waals surface area contributed by atoms with E-state index in [1.54, 1.807) is 0 Å². The minimum atomic E-state index is -4.34. The van der Waals surface area contributed by atoms with Crippen molar-refractivity contribution in [2.45, 2.75) is 6.18 Å². The Morgan fingerprint density at radius 3 is 2.50 bits per heavy atom. The normalized spacial score (nSPS) is 18.1. The summed E-state index contributed by atoms with van der Waals surface area (Å²) < 4.78 is 35.1. The van der Waals surface area contributed by atoms with Crippen molar-refractivity contribution in [1.29, 1.82) is 0 Å². The van der Waals surface area contributed by atoms with Crippen LogP contribution in [0, 0.1) is 0 Å². The number of aliphatic imine (C=N–C) groups is 1. The lowest BCUT2D eigenvalue weighted by Crippen LogP contribution is -2.35. The number of hydrogen-bond acceptors (Lipinski definition) is 2. The molecule has 1 heterocycles. The maximum Gasteiger partial charge on any atom is 0.449 e. The molecule has 0 saturated carbocycles. The van der Waals surface area contributed by atoms with Gasteiger partial charge in [0.1, 0.15) is 0 Å².